The van der Waals surface area contributed by atoms with E-state index in [2.05, 4.69) is 70.0 Å². The van der Waals surface area contributed by atoms with Crippen LogP contribution in [0.15, 0.2) is 65.8 Å². The number of para-hydroxylation sites is 2. The van der Waals surface area contributed by atoms with Crippen molar-refractivity contribution in [1.82, 2.24) is 15.2 Å². The van der Waals surface area contributed by atoms with Gasteiger partial charge >= 0.3 is 0 Å². The highest BCUT2D eigenvalue weighted by Crippen LogP contribution is 2.31. The van der Waals surface area contributed by atoms with Crippen molar-refractivity contribution in [3.63, 3.8) is 0 Å². The molecule has 1 atom stereocenters. The fourth-order valence-corrected chi connectivity index (χ4v) is 4.00. The molecule has 2 aromatic carbocycles. The van der Waals surface area contributed by atoms with E-state index in [0.717, 1.165) is 43.3 Å². The second kappa shape index (κ2) is 11.2. The highest BCUT2D eigenvalue weighted by molar-refractivity contribution is 14.0. The molecule has 0 radical (unpaired) electrons. The Bertz CT molecular complexity index is 1050. The molecule has 2 heterocycles. The Morgan fingerprint density at radius 1 is 1.13 bits per heavy atom. The molecule has 31 heavy (non-hydrogen) atoms. The van der Waals surface area contributed by atoms with Crippen LogP contribution in [0.4, 0.5) is 5.69 Å². The maximum absolute atomic E-state index is 12.0. The zero-order chi connectivity index (χ0) is 20.8. The van der Waals surface area contributed by atoms with E-state index in [1.165, 1.54) is 10.9 Å². The standard InChI is InChI=1S/C24H29N5O.HI/c1-2-25-24(26-13-7-14-29-15-12-18-8-3-6-11-22(18)29)27-17-19-16-23(30)28-21-10-5-4-9-20(19)21;/h3-6,8-12,15,19H,2,7,13-14,16-17H2,1H3,(H,28,30)(H2,25,26,27);1H. The lowest BCUT2D eigenvalue weighted by atomic mass is 9.91. The first-order valence-corrected chi connectivity index (χ1v) is 10.7. The van der Waals surface area contributed by atoms with Crippen molar-refractivity contribution in [3.05, 3.63) is 66.4 Å². The molecule has 0 bridgehead atoms. The zero-order valence-electron chi connectivity index (χ0n) is 17.8. The predicted molar refractivity (Wildman–Crippen MR) is 138 cm³/mol. The highest BCUT2D eigenvalue weighted by Gasteiger charge is 2.24. The molecule has 164 valence electrons. The number of nitrogens with zero attached hydrogens (tertiary/aromatic N) is 2. The Morgan fingerprint density at radius 3 is 2.81 bits per heavy atom. The number of halogens is 1. The summed E-state index contributed by atoms with van der Waals surface area (Å²) in [5.74, 6) is 0.973. The molecule has 1 aromatic heterocycles. The van der Waals surface area contributed by atoms with Crippen LogP contribution >= 0.6 is 24.0 Å². The van der Waals surface area contributed by atoms with Crippen LogP contribution in [0, 0.1) is 0 Å². The average Bonchev–Trinajstić information content (AvgIpc) is 3.17. The summed E-state index contributed by atoms with van der Waals surface area (Å²) in [5, 5.41) is 11.0. The molecule has 0 fully saturated rings. The molecule has 1 amide bonds. The molecule has 6 nitrogen and oxygen atoms in total. The van der Waals surface area contributed by atoms with Gasteiger partial charge in [0, 0.05) is 49.4 Å². The first kappa shape index (κ1) is 23.1. The lowest BCUT2D eigenvalue weighted by molar-refractivity contribution is -0.116. The molecule has 4 rings (SSSR count). The van der Waals surface area contributed by atoms with E-state index in [4.69, 9.17) is 4.99 Å². The number of amides is 1. The zero-order valence-corrected chi connectivity index (χ0v) is 20.1. The Morgan fingerprint density at radius 2 is 1.94 bits per heavy atom. The number of carbonyl (C=O) groups excluding carboxylic acids is 1. The number of benzene rings is 2. The van der Waals surface area contributed by atoms with Gasteiger partial charge in [-0.25, -0.2) is 0 Å². The number of aliphatic imine (C=N–C) groups is 1. The Labute approximate surface area is 200 Å². The number of nitrogens with one attached hydrogen (secondary N) is 3. The molecular formula is C24H30IN5O. The van der Waals surface area contributed by atoms with E-state index in [1.807, 2.05) is 18.2 Å². The van der Waals surface area contributed by atoms with Gasteiger partial charge in [-0.1, -0.05) is 36.4 Å². The topological polar surface area (TPSA) is 70.4 Å². The van der Waals surface area contributed by atoms with Crippen LogP contribution in [0.1, 0.15) is 31.2 Å². The molecule has 3 aromatic rings. The minimum atomic E-state index is 0. The van der Waals surface area contributed by atoms with Crippen LogP contribution < -0.4 is 16.0 Å². The number of anilines is 1. The third-order valence-electron chi connectivity index (χ3n) is 5.47. The number of rotatable bonds is 7. The number of carbonyl (C=O) groups is 1. The van der Waals surface area contributed by atoms with Crippen LogP contribution in [-0.4, -0.2) is 36.1 Å². The van der Waals surface area contributed by atoms with Crippen molar-refractivity contribution >= 4 is 52.4 Å². The van der Waals surface area contributed by atoms with Crippen LogP contribution in [0.5, 0.6) is 0 Å². The van der Waals surface area contributed by atoms with E-state index in [-0.39, 0.29) is 35.8 Å². The van der Waals surface area contributed by atoms with Gasteiger partial charge in [0.2, 0.25) is 5.91 Å². The third-order valence-corrected chi connectivity index (χ3v) is 5.47. The van der Waals surface area contributed by atoms with Crippen molar-refractivity contribution in [2.24, 2.45) is 4.99 Å². The quantitative estimate of drug-likeness (QED) is 0.184. The molecule has 0 saturated carbocycles. The van der Waals surface area contributed by atoms with Crippen LogP contribution in [0.3, 0.4) is 0 Å². The van der Waals surface area contributed by atoms with Crippen molar-refractivity contribution in [3.8, 4) is 0 Å². The van der Waals surface area contributed by atoms with Gasteiger partial charge in [0.25, 0.3) is 0 Å². The smallest absolute Gasteiger partial charge is 0.225 e. The predicted octanol–water partition coefficient (Wildman–Crippen LogP) is 4.33. The lowest BCUT2D eigenvalue weighted by Crippen LogP contribution is -2.38. The highest BCUT2D eigenvalue weighted by atomic mass is 127. The molecule has 0 saturated heterocycles. The minimum Gasteiger partial charge on any atom is -0.357 e. The summed E-state index contributed by atoms with van der Waals surface area (Å²) in [6.07, 6.45) is 3.62. The number of hydrogen-bond acceptors (Lipinski definition) is 2. The summed E-state index contributed by atoms with van der Waals surface area (Å²) in [5.41, 5.74) is 3.34. The van der Waals surface area contributed by atoms with Crippen molar-refractivity contribution in [2.75, 3.05) is 25.0 Å². The monoisotopic (exact) mass is 531 g/mol. The Hall–Kier alpha value is -2.55. The summed E-state index contributed by atoms with van der Waals surface area (Å²) >= 11 is 0. The summed E-state index contributed by atoms with van der Waals surface area (Å²) in [6, 6.07) is 18.6. The first-order valence-electron chi connectivity index (χ1n) is 10.7. The number of guanidine groups is 1. The first-order chi connectivity index (χ1) is 14.7. The number of hydrogen-bond donors (Lipinski definition) is 3. The van der Waals surface area contributed by atoms with Gasteiger partial charge in [0.15, 0.2) is 5.96 Å². The normalized spacial score (nSPS) is 15.7. The van der Waals surface area contributed by atoms with Gasteiger partial charge in [-0.3, -0.25) is 9.79 Å². The summed E-state index contributed by atoms with van der Waals surface area (Å²) in [7, 11) is 0. The number of aryl methyl sites for hydroxylation is 1. The van der Waals surface area contributed by atoms with Gasteiger partial charge in [-0.05, 0) is 42.5 Å². The van der Waals surface area contributed by atoms with Crippen LogP contribution in [-0.2, 0) is 11.3 Å². The molecule has 1 aliphatic heterocycles. The third kappa shape index (κ3) is 5.78. The molecule has 0 aliphatic carbocycles. The van der Waals surface area contributed by atoms with Crippen molar-refractivity contribution in [1.29, 1.82) is 0 Å². The second-order valence-corrected chi connectivity index (χ2v) is 7.60. The molecule has 1 unspecified atom stereocenters. The maximum Gasteiger partial charge on any atom is 0.225 e. The van der Waals surface area contributed by atoms with Crippen LogP contribution in [0.25, 0.3) is 10.9 Å². The van der Waals surface area contributed by atoms with Gasteiger partial charge in [-0.2, -0.15) is 0 Å². The number of fused-ring (bicyclic) bond motifs is 2. The van der Waals surface area contributed by atoms with E-state index in [1.54, 1.807) is 0 Å². The SMILES string of the molecule is CCNC(=NCC1CC(=O)Nc2ccccc21)NCCCn1ccc2ccccc21.I. The summed E-state index contributed by atoms with van der Waals surface area (Å²) in [6.45, 7) is 5.24. The minimum absolute atomic E-state index is 0. The molecule has 1 aliphatic rings. The average molecular weight is 531 g/mol. The largest absolute Gasteiger partial charge is 0.357 e. The van der Waals surface area contributed by atoms with E-state index >= 15 is 0 Å². The summed E-state index contributed by atoms with van der Waals surface area (Å²) in [4.78, 5) is 16.8. The van der Waals surface area contributed by atoms with Gasteiger partial charge < -0.3 is 20.5 Å². The van der Waals surface area contributed by atoms with Gasteiger partial charge in [-0.15, -0.1) is 24.0 Å². The van der Waals surface area contributed by atoms with E-state index in [9.17, 15) is 4.79 Å². The second-order valence-electron chi connectivity index (χ2n) is 7.60. The molecular weight excluding hydrogens is 501 g/mol. The Kier molecular flexibility index (Phi) is 8.34. The molecule has 7 heteroatoms. The van der Waals surface area contributed by atoms with E-state index < -0.39 is 0 Å². The van der Waals surface area contributed by atoms with E-state index in [0.29, 0.717) is 13.0 Å². The fraction of sp³-hybridized carbons (Fsp3) is 0.333. The molecule has 0 spiro atoms. The Balaban J connectivity index is 0.00000272. The van der Waals surface area contributed by atoms with Crippen molar-refractivity contribution < 1.29 is 4.79 Å². The van der Waals surface area contributed by atoms with Crippen molar-refractivity contribution in [2.45, 2.75) is 32.2 Å². The summed E-state index contributed by atoms with van der Waals surface area (Å²) < 4.78 is 2.29. The number of aromatic nitrogens is 1. The maximum atomic E-state index is 12.0. The lowest BCUT2D eigenvalue weighted by Gasteiger charge is -2.24. The fourth-order valence-electron chi connectivity index (χ4n) is 4.00. The van der Waals surface area contributed by atoms with Crippen LogP contribution in [0.2, 0.25) is 0 Å². The van der Waals surface area contributed by atoms with Gasteiger partial charge in [0.05, 0.1) is 6.54 Å². The van der Waals surface area contributed by atoms with Gasteiger partial charge in [0.1, 0.15) is 0 Å². The molecule has 3 N–H and O–H groups in total.